The van der Waals surface area contributed by atoms with Gasteiger partial charge in [0, 0.05) is 18.5 Å². The number of hydrogen-bond acceptors (Lipinski definition) is 5. The molecule has 0 amide bonds. The van der Waals surface area contributed by atoms with E-state index >= 15 is 0 Å². The summed E-state index contributed by atoms with van der Waals surface area (Å²) in [5.74, 6) is -1.15. The highest BCUT2D eigenvalue weighted by Crippen LogP contribution is 2.29. The van der Waals surface area contributed by atoms with Gasteiger partial charge in [-0.1, -0.05) is 0 Å². The van der Waals surface area contributed by atoms with Crippen molar-refractivity contribution in [1.82, 2.24) is 4.31 Å². The fourth-order valence-electron chi connectivity index (χ4n) is 2.07. The lowest BCUT2D eigenvalue weighted by Gasteiger charge is -2.35. The van der Waals surface area contributed by atoms with E-state index in [0.29, 0.717) is 19.4 Å². The third kappa shape index (κ3) is 2.97. The lowest BCUT2D eigenvalue weighted by Crippen LogP contribution is -2.48. The molecular formula is C11H15NO5S2. The van der Waals surface area contributed by atoms with Crippen LogP contribution in [0, 0.1) is 0 Å². The molecule has 106 valence electrons. The maximum Gasteiger partial charge on any atom is 0.336 e. The van der Waals surface area contributed by atoms with Crippen molar-refractivity contribution in [2.24, 2.45) is 0 Å². The highest BCUT2D eigenvalue weighted by Gasteiger charge is 2.36. The maximum absolute atomic E-state index is 12.3. The minimum absolute atomic E-state index is 0.00241. The summed E-state index contributed by atoms with van der Waals surface area (Å²) < 4.78 is 25.9. The van der Waals surface area contributed by atoms with Crippen LogP contribution in [0.2, 0.25) is 0 Å². The Morgan fingerprint density at radius 1 is 1.53 bits per heavy atom. The third-order valence-electron chi connectivity index (χ3n) is 3.06. The smallest absolute Gasteiger partial charge is 0.336 e. The van der Waals surface area contributed by atoms with Gasteiger partial charge < -0.3 is 10.2 Å². The molecule has 19 heavy (non-hydrogen) atoms. The molecule has 0 bridgehead atoms. The molecule has 0 aromatic carbocycles. The number of aliphatic hydroxyl groups is 1. The Labute approximate surface area is 115 Å². The lowest BCUT2D eigenvalue weighted by molar-refractivity contribution is 0.00944. The van der Waals surface area contributed by atoms with Gasteiger partial charge in [-0.25, -0.2) is 13.2 Å². The largest absolute Gasteiger partial charge is 0.478 e. The van der Waals surface area contributed by atoms with Crippen molar-refractivity contribution in [3.63, 3.8) is 0 Å². The Bertz CT molecular complexity index is 590. The van der Waals surface area contributed by atoms with Crippen LogP contribution in [0.4, 0.5) is 0 Å². The first-order valence-corrected chi connectivity index (χ1v) is 8.09. The molecule has 0 saturated carbocycles. The number of carbonyl (C=O) groups is 1. The number of carboxylic acids is 1. The van der Waals surface area contributed by atoms with Gasteiger partial charge in [-0.2, -0.15) is 4.31 Å². The lowest BCUT2D eigenvalue weighted by atomic mass is 9.97. The van der Waals surface area contributed by atoms with Gasteiger partial charge in [-0.15, -0.1) is 11.3 Å². The number of rotatable bonds is 3. The van der Waals surface area contributed by atoms with E-state index in [9.17, 15) is 18.3 Å². The zero-order valence-electron chi connectivity index (χ0n) is 10.4. The van der Waals surface area contributed by atoms with Gasteiger partial charge in [-0.3, -0.25) is 0 Å². The van der Waals surface area contributed by atoms with Crippen molar-refractivity contribution >= 4 is 27.3 Å². The fourth-order valence-corrected chi connectivity index (χ4v) is 4.97. The minimum Gasteiger partial charge on any atom is -0.478 e. The van der Waals surface area contributed by atoms with Gasteiger partial charge in [-0.05, 0) is 25.8 Å². The molecule has 1 aromatic heterocycles. The van der Waals surface area contributed by atoms with E-state index in [1.807, 2.05) is 0 Å². The Morgan fingerprint density at radius 3 is 2.74 bits per heavy atom. The van der Waals surface area contributed by atoms with Crippen LogP contribution in [-0.2, 0) is 10.0 Å². The number of sulfonamides is 1. The second-order valence-electron chi connectivity index (χ2n) is 4.90. The van der Waals surface area contributed by atoms with Crippen molar-refractivity contribution in [3.05, 3.63) is 17.0 Å². The second kappa shape index (κ2) is 4.86. The quantitative estimate of drug-likeness (QED) is 0.868. The summed E-state index contributed by atoms with van der Waals surface area (Å²) in [6.45, 7) is 1.99. The molecule has 1 unspecified atom stereocenters. The number of nitrogens with zero attached hydrogens (tertiary/aromatic N) is 1. The van der Waals surface area contributed by atoms with Crippen molar-refractivity contribution in [1.29, 1.82) is 0 Å². The van der Waals surface area contributed by atoms with Crippen molar-refractivity contribution in [3.8, 4) is 0 Å². The number of aromatic carboxylic acids is 1. The summed E-state index contributed by atoms with van der Waals surface area (Å²) in [5.41, 5.74) is -1.06. The highest BCUT2D eigenvalue weighted by atomic mass is 32.2. The van der Waals surface area contributed by atoms with Crippen LogP contribution >= 0.6 is 11.3 Å². The molecule has 0 radical (unpaired) electrons. The van der Waals surface area contributed by atoms with Gasteiger partial charge in [0.15, 0.2) is 0 Å². The first-order chi connectivity index (χ1) is 8.72. The molecular weight excluding hydrogens is 290 g/mol. The monoisotopic (exact) mass is 305 g/mol. The van der Waals surface area contributed by atoms with E-state index in [4.69, 9.17) is 5.11 Å². The molecule has 0 spiro atoms. The summed E-state index contributed by atoms with van der Waals surface area (Å²) in [4.78, 5) is 10.8. The number of β-amino-alcohol motifs (C(OH)–C–C–N with tert-alkyl or cyclic N) is 1. The molecule has 6 nitrogen and oxygen atoms in total. The first kappa shape index (κ1) is 14.4. The van der Waals surface area contributed by atoms with Gasteiger partial charge in [0.05, 0.1) is 11.2 Å². The standard InChI is InChI=1S/C11H15NO5S2/c1-11(15)3-2-4-12(7-11)19(16,17)9-5-8(6-18-9)10(13)14/h5-6,15H,2-4,7H2,1H3,(H,13,14). The van der Waals surface area contributed by atoms with Crippen LogP contribution in [0.1, 0.15) is 30.1 Å². The first-order valence-electron chi connectivity index (χ1n) is 5.77. The number of thiophene rings is 1. The van der Waals surface area contributed by atoms with Crippen molar-refractivity contribution in [2.75, 3.05) is 13.1 Å². The topological polar surface area (TPSA) is 94.9 Å². The number of piperidine rings is 1. The van der Waals surface area contributed by atoms with E-state index in [1.165, 1.54) is 9.69 Å². The molecule has 1 atom stereocenters. The average molecular weight is 305 g/mol. The van der Waals surface area contributed by atoms with E-state index in [0.717, 1.165) is 17.4 Å². The van der Waals surface area contributed by atoms with Crippen LogP contribution in [0.15, 0.2) is 15.7 Å². The average Bonchev–Trinajstić information content (AvgIpc) is 2.77. The zero-order chi connectivity index (χ0) is 14.3. The van der Waals surface area contributed by atoms with Crippen LogP contribution in [-0.4, -0.2) is 47.6 Å². The predicted molar refractivity (Wildman–Crippen MR) is 69.9 cm³/mol. The molecule has 1 fully saturated rings. The van der Waals surface area contributed by atoms with E-state index < -0.39 is 21.6 Å². The summed E-state index contributed by atoms with van der Waals surface area (Å²) in [6.07, 6.45) is 1.15. The molecule has 1 saturated heterocycles. The molecule has 8 heteroatoms. The highest BCUT2D eigenvalue weighted by molar-refractivity contribution is 7.91. The van der Waals surface area contributed by atoms with Crippen LogP contribution in [0.25, 0.3) is 0 Å². The maximum atomic E-state index is 12.3. The van der Waals surface area contributed by atoms with Crippen LogP contribution in [0.5, 0.6) is 0 Å². The molecule has 2 N–H and O–H groups in total. The Hall–Kier alpha value is -0.960. The second-order valence-corrected chi connectivity index (χ2v) is 7.97. The Kier molecular flexibility index (Phi) is 3.69. The summed E-state index contributed by atoms with van der Waals surface area (Å²) in [7, 11) is -3.72. The third-order valence-corrected chi connectivity index (χ3v) is 6.32. The van der Waals surface area contributed by atoms with Crippen molar-refractivity contribution in [2.45, 2.75) is 29.6 Å². The fraction of sp³-hybridized carbons (Fsp3) is 0.545. The van der Waals surface area contributed by atoms with Gasteiger partial charge in [0.2, 0.25) is 0 Å². The minimum atomic E-state index is -3.72. The summed E-state index contributed by atoms with van der Waals surface area (Å²) >= 11 is 0.887. The van der Waals surface area contributed by atoms with Crippen LogP contribution < -0.4 is 0 Å². The van der Waals surface area contributed by atoms with E-state index in [-0.39, 0.29) is 16.3 Å². The Balaban J connectivity index is 2.28. The zero-order valence-corrected chi connectivity index (χ0v) is 12.0. The predicted octanol–water partition coefficient (Wildman–Crippen LogP) is 0.982. The summed E-state index contributed by atoms with van der Waals surface area (Å²) in [5, 5.41) is 20.1. The normalized spacial score (nSPS) is 25.4. The SMILES string of the molecule is CC1(O)CCCN(S(=O)(=O)c2cc(C(=O)O)cs2)C1. The molecule has 0 aliphatic carbocycles. The number of hydrogen-bond donors (Lipinski definition) is 2. The molecule has 1 aliphatic rings. The van der Waals surface area contributed by atoms with Crippen molar-refractivity contribution < 1.29 is 23.4 Å². The molecule has 1 aromatic rings. The van der Waals surface area contributed by atoms with E-state index in [1.54, 1.807) is 6.92 Å². The van der Waals surface area contributed by atoms with Gasteiger partial charge >= 0.3 is 5.97 Å². The van der Waals surface area contributed by atoms with Crippen LogP contribution in [0.3, 0.4) is 0 Å². The molecule has 1 aliphatic heterocycles. The van der Waals surface area contributed by atoms with Gasteiger partial charge in [0.25, 0.3) is 10.0 Å². The molecule has 2 heterocycles. The number of carboxylic acid groups (broad SMARTS) is 1. The summed E-state index contributed by atoms with van der Waals surface area (Å²) in [6, 6.07) is 1.16. The molecule has 2 rings (SSSR count). The Morgan fingerprint density at radius 2 is 2.21 bits per heavy atom. The van der Waals surface area contributed by atoms with Gasteiger partial charge in [0.1, 0.15) is 4.21 Å². The van der Waals surface area contributed by atoms with E-state index in [2.05, 4.69) is 0 Å².